The quantitative estimate of drug-likeness (QED) is 0.611. The Bertz CT molecular complexity index is 248. The molecule has 0 aromatic rings. The number of ether oxygens (including phenoxy) is 2. The number of unbranched alkanes of at least 4 members (excludes halogenated alkanes) is 5. The molecule has 0 saturated heterocycles. The van der Waals surface area contributed by atoms with Crippen LogP contribution < -0.4 is 0 Å². The first kappa shape index (κ1) is 14.4. The number of hydrogen-bond donors (Lipinski definition) is 0. The van der Waals surface area contributed by atoms with E-state index < -0.39 is 0 Å². The minimum Gasteiger partial charge on any atom is -0.352 e. The predicted octanol–water partition coefficient (Wildman–Crippen LogP) is 3.23. The highest BCUT2D eigenvalue weighted by Gasteiger charge is 2.24. The van der Waals surface area contributed by atoms with Gasteiger partial charge in [0.1, 0.15) is 6.10 Å². The van der Waals surface area contributed by atoms with Gasteiger partial charge in [-0.1, -0.05) is 45.4 Å². The number of rotatable bonds is 8. The molecule has 0 saturated carbocycles. The number of ketones is 1. The molecule has 1 aliphatic heterocycles. The summed E-state index contributed by atoms with van der Waals surface area (Å²) in [6.07, 6.45) is 10.8. The van der Waals surface area contributed by atoms with Crippen LogP contribution in [0.5, 0.6) is 0 Å². The molecule has 3 heteroatoms. The minimum absolute atomic E-state index is 0.0758. The molecule has 2 atom stereocenters. The maximum absolute atomic E-state index is 11.6. The molecule has 98 valence electrons. The van der Waals surface area contributed by atoms with Crippen molar-refractivity contribution < 1.29 is 14.3 Å². The van der Waals surface area contributed by atoms with Crippen LogP contribution in [0.2, 0.25) is 0 Å². The molecule has 0 bridgehead atoms. The fourth-order valence-corrected chi connectivity index (χ4v) is 2.01. The second kappa shape index (κ2) is 8.43. The minimum atomic E-state index is -0.349. The van der Waals surface area contributed by atoms with E-state index in [1.165, 1.54) is 32.1 Å². The molecule has 0 aliphatic carbocycles. The zero-order chi connectivity index (χ0) is 12.5. The average molecular weight is 240 g/mol. The summed E-state index contributed by atoms with van der Waals surface area (Å²) in [6.45, 7) is 2.21. The van der Waals surface area contributed by atoms with Gasteiger partial charge in [-0.3, -0.25) is 4.79 Å². The zero-order valence-electron chi connectivity index (χ0n) is 11.0. The number of methoxy groups -OCH3 is 1. The first-order valence-electron chi connectivity index (χ1n) is 6.68. The molecule has 0 fully saturated rings. The molecule has 0 N–H and O–H groups in total. The molecule has 3 nitrogen and oxygen atoms in total. The maximum atomic E-state index is 11.6. The second-order valence-corrected chi connectivity index (χ2v) is 4.55. The van der Waals surface area contributed by atoms with Gasteiger partial charge in [-0.05, 0) is 18.6 Å². The van der Waals surface area contributed by atoms with Crippen molar-refractivity contribution >= 4 is 5.78 Å². The van der Waals surface area contributed by atoms with Crippen molar-refractivity contribution in [3.05, 3.63) is 12.2 Å². The average Bonchev–Trinajstić information content (AvgIpc) is 2.35. The third-order valence-electron chi connectivity index (χ3n) is 3.09. The van der Waals surface area contributed by atoms with Gasteiger partial charge in [-0.15, -0.1) is 0 Å². The van der Waals surface area contributed by atoms with Gasteiger partial charge in [0.05, 0.1) is 0 Å². The van der Waals surface area contributed by atoms with Crippen molar-refractivity contribution in [3.8, 4) is 0 Å². The van der Waals surface area contributed by atoms with Gasteiger partial charge in [0, 0.05) is 7.11 Å². The highest BCUT2D eigenvalue weighted by atomic mass is 16.7. The van der Waals surface area contributed by atoms with E-state index in [9.17, 15) is 4.79 Å². The third kappa shape index (κ3) is 5.46. The molecule has 1 rings (SSSR count). The smallest absolute Gasteiger partial charge is 0.184 e. The normalized spacial score (nSPS) is 24.2. The Hall–Kier alpha value is -0.670. The summed E-state index contributed by atoms with van der Waals surface area (Å²) in [5.41, 5.74) is 0. The molecule has 0 aromatic heterocycles. The number of carbonyl (C=O) groups is 1. The number of hydrogen-bond acceptors (Lipinski definition) is 3. The van der Waals surface area contributed by atoms with Gasteiger partial charge in [0.25, 0.3) is 0 Å². The van der Waals surface area contributed by atoms with Crippen LogP contribution in [0.4, 0.5) is 0 Å². The van der Waals surface area contributed by atoms with E-state index in [1.54, 1.807) is 19.3 Å². The van der Waals surface area contributed by atoms with Crippen molar-refractivity contribution in [2.45, 2.75) is 64.3 Å². The van der Waals surface area contributed by atoms with E-state index in [0.29, 0.717) is 0 Å². The summed E-state index contributed by atoms with van der Waals surface area (Å²) in [6, 6.07) is 0. The van der Waals surface area contributed by atoms with E-state index in [-0.39, 0.29) is 18.2 Å². The molecule has 2 unspecified atom stereocenters. The molecule has 0 aromatic carbocycles. The van der Waals surface area contributed by atoms with Gasteiger partial charge in [-0.25, -0.2) is 0 Å². The Kier molecular flexibility index (Phi) is 7.13. The van der Waals surface area contributed by atoms with Crippen LogP contribution in [-0.4, -0.2) is 25.3 Å². The van der Waals surface area contributed by atoms with E-state index >= 15 is 0 Å². The fraction of sp³-hybridized carbons (Fsp3) is 0.786. The second-order valence-electron chi connectivity index (χ2n) is 4.55. The van der Waals surface area contributed by atoms with Crippen molar-refractivity contribution in [3.63, 3.8) is 0 Å². The summed E-state index contributed by atoms with van der Waals surface area (Å²) in [7, 11) is 1.59. The standard InChI is InChI=1S/C14H24O3/c1-3-4-5-6-7-8-9-13-12(15)10-11-14(16-2)17-13/h10-11,13-14H,3-9H2,1-2H3. The summed E-state index contributed by atoms with van der Waals surface area (Å²) in [5.74, 6) is 0.0758. The lowest BCUT2D eigenvalue weighted by molar-refractivity contribution is -0.156. The Morgan fingerprint density at radius 3 is 2.65 bits per heavy atom. The predicted molar refractivity (Wildman–Crippen MR) is 67.8 cm³/mol. The molecule has 17 heavy (non-hydrogen) atoms. The summed E-state index contributed by atoms with van der Waals surface area (Å²) in [5, 5.41) is 0. The molecule has 0 spiro atoms. The van der Waals surface area contributed by atoms with Crippen molar-refractivity contribution in [1.29, 1.82) is 0 Å². The lowest BCUT2D eigenvalue weighted by Gasteiger charge is -2.23. The van der Waals surface area contributed by atoms with Crippen LogP contribution in [0.3, 0.4) is 0 Å². The van der Waals surface area contributed by atoms with Crippen LogP contribution in [0.15, 0.2) is 12.2 Å². The Morgan fingerprint density at radius 1 is 1.24 bits per heavy atom. The zero-order valence-corrected chi connectivity index (χ0v) is 11.0. The lowest BCUT2D eigenvalue weighted by Crippen LogP contribution is -2.32. The van der Waals surface area contributed by atoms with Crippen LogP contribution in [0.1, 0.15) is 51.9 Å². The van der Waals surface area contributed by atoms with Crippen LogP contribution in [0.25, 0.3) is 0 Å². The molecule has 1 heterocycles. The lowest BCUT2D eigenvalue weighted by atomic mass is 10.0. The molecular formula is C14H24O3. The van der Waals surface area contributed by atoms with Gasteiger partial charge in [-0.2, -0.15) is 0 Å². The van der Waals surface area contributed by atoms with Crippen molar-refractivity contribution in [2.75, 3.05) is 7.11 Å². The topological polar surface area (TPSA) is 35.5 Å². The van der Waals surface area contributed by atoms with E-state index in [0.717, 1.165) is 12.8 Å². The Morgan fingerprint density at radius 2 is 1.94 bits per heavy atom. The van der Waals surface area contributed by atoms with E-state index in [4.69, 9.17) is 9.47 Å². The van der Waals surface area contributed by atoms with Crippen LogP contribution in [0, 0.1) is 0 Å². The Balaban J connectivity index is 2.14. The van der Waals surface area contributed by atoms with E-state index in [1.807, 2.05) is 0 Å². The van der Waals surface area contributed by atoms with Crippen LogP contribution >= 0.6 is 0 Å². The third-order valence-corrected chi connectivity index (χ3v) is 3.09. The first-order chi connectivity index (χ1) is 8.27. The van der Waals surface area contributed by atoms with Crippen molar-refractivity contribution in [1.82, 2.24) is 0 Å². The molecule has 0 radical (unpaired) electrons. The molecular weight excluding hydrogens is 216 g/mol. The van der Waals surface area contributed by atoms with Crippen LogP contribution in [-0.2, 0) is 14.3 Å². The summed E-state index contributed by atoms with van der Waals surface area (Å²) < 4.78 is 10.6. The Labute approximate surface area is 104 Å². The van der Waals surface area contributed by atoms with Crippen molar-refractivity contribution in [2.24, 2.45) is 0 Å². The highest BCUT2D eigenvalue weighted by molar-refractivity contribution is 5.94. The number of carbonyl (C=O) groups excluding carboxylic acids is 1. The SMILES string of the molecule is CCCCCCCCC1OC(OC)C=CC1=O. The first-order valence-corrected chi connectivity index (χ1v) is 6.68. The summed E-state index contributed by atoms with van der Waals surface area (Å²) >= 11 is 0. The van der Waals surface area contributed by atoms with Gasteiger partial charge < -0.3 is 9.47 Å². The van der Waals surface area contributed by atoms with E-state index in [2.05, 4.69) is 6.92 Å². The molecule has 0 amide bonds. The largest absolute Gasteiger partial charge is 0.352 e. The maximum Gasteiger partial charge on any atom is 0.184 e. The fourth-order valence-electron chi connectivity index (χ4n) is 2.01. The summed E-state index contributed by atoms with van der Waals surface area (Å²) in [4.78, 5) is 11.6. The van der Waals surface area contributed by atoms with Gasteiger partial charge >= 0.3 is 0 Å². The van der Waals surface area contributed by atoms with Gasteiger partial charge in [0.15, 0.2) is 12.1 Å². The monoisotopic (exact) mass is 240 g/mol. The van der Waals surface area contributed by atoms with Gasteiger partial charge in [0.2, 0.25) is 0 Å². The molecule has 1 aliphatic rings. The highest BCUT2D eigenvalue weighted by Crippen LogP contribution is 2.16.